The Balaban J connectivity index is 1.37. The van der Waals surface area contributed by atoms with Gasteiger partial charge in [-0.15, -0.1) is 0 Å². The van der Waals surface area contributed by atoms with Gasteiger partial charge in [0.25, 0.3) is 0 Å². The molecular formula is C38H22N4. The predicted molar refractivity (Wildman–Crippen MR) is 170 cm³/mol. The molecule has 0 atom stereocenters. The molecule has 0 unspecified atom stereocenters. The summed E-state index contributed by atoms with van der Waals surface area (Å²) in [7, 11) is 0. The average molecular weight is 535 g/mol. The summed E-state index contributed by atoms with van der Waals surface area (Å²) in [5, 5.41) is 24.5. The van der Waals surface area contributed by atoms with E-state index in [9.17, 15) is 10.5 Å². The second kappa shape index (κ2) is 9.24. The highest BCUT2D eigenvalue weighted by molar-refractivity contribution is 6.16. The zero-order chi connectivity index (χ0) is 28.2. The zero-order valence-electron chi connectivity index (χ0n) is 22.5. The van der Waals surface area contributed by atoms with Crippen LogP contribution in [0.3, 0.4) is 0 Å². The monoisotopic (exact) mass is 534 g/mol. The predicted octanol–water partition coefficient (Wildman–Crippen LogP) is 9.29. The fourth-order valence-electron chi connectivity index (χ4n) is 6.49. The lowest BCUT2D eigenvalue weighted by Crippen LogP contribution is -1.97. The first-order valence-electron chi connectivity index (χ1n) is 13.8. The van der Waals surface area contributed by atoms with E-state index >= 15 is 0 Å². The number of aromatic nitrogens is 2. The van der Waals surface area contributed by atoms with Crippen LogP contribution in [0.15, 0.2) is 133 Å². The largest absolute Gasteiger partial charge is 0.309 e. The van der Waals surface area contributed by atoms with E-state index in [1.165, 1.54) is 21.8 Å². The van der Waals surface area contributed by atoms with Crippen molar-refractivity contribution >= 4 is 43.6 Å². The van der Waals surface area contributed by atoms with Crippen LogP contribution >= 0.6 is 0 Å². The lowest BCUT2D eigenvalue weighted by atomic mass is 9.92. The number of hydrogen-bond donors (Lipinski definition) is 0. The number of nitrogens with zero attached hydrogens (tertiary/aromatic N) is 4. The van der Waals surface area contributed by atoms with Crippen molar-refractivity contribution in [3.8, 4) is 34.6 Å². The number of para-hydroxylation sites is 3. The molecule has 0 aliphatic heterocycles. The zero-order valence-corrected chi connectivity index (χ0v) is 22.5. The lowest BCUT2D eigenvalue weighted by molar-refractivity contribution is 1.14. The number of nitriles is 2. The molecule has 4 heteroatoms. The molecule has 6 aromatic carbocycles. The Labute approximate surface area is 242 Å². The number of rotatable bonds is 3. The van der Waals surface area contributed by atoms with Gasteiger partial charge in [-0.1, -0.05) is 72.8 Å². The fraction of sp³-hybridized carbons (Fsp3) is 0. The number of benzene rings is 6. The van der Waals surface area contributed by atoms with Crippen molar-refractivity contribution in [2.75, 3.05) is 0 Å². The van der Waals surface area contributed by atoms with Crippen LogP contribution in [-0.2, 0) is 0 Å². The molecule has 0 saturated carbocycles. The van der Waals surface area contributed by atoms with Crippen molar-refractivity contribution in [2.45, 2.75) is 0 Å². The molecule has 4 nitrogen and oxygen atoms in total. The minimum absolute atomic E-state index is 0.494. The molecular weight excluding hydrogens is 512 g/mol. The van der Waals surface area contributed by atoms with Gasteiger partial charge in [0.1, 0.15) is 0 Å². The second-order valence-electron chi connectivity index (χ2n) is 10.4. The molecule has 8 rings (SSSR count). The maximum Gasteiger partial charge on any atom is 0.0998 e. The van der Waals surface area contributed by atoms with Gasteiger partial charge >= 0.3 is 0 Å². The van der Waals surface area contributed by atoms with E-state index in [2.05, 4.69) is 112 Å². The van der Waals surface area contributed by atoms with Crippen LogP contribution in [0.5, 0.6) is 0 Å². The molecule has 0 fully saturated rings. The van der Waals surface area contributed by atoms with Gasteiger partial charge in [0.2, 0.25) is 0 Å². The van der Waals surface area contributed by atoms with Crippen LogP contribution in [-0.4, -0.2) is 9.13 Å². The molecule has 194 valence electrons. The Morgan fingerprint density at radius 2 is 0.833 bits per heavy atom. The third-order valence-electron chi connectivity index (χ3n) is 8.22. The standard InChI is InChI=1S/C38H22N4/c39-23-25-9-7-10-26(24-40)37(25)32-14-8-18-36-38(32)31-13-3-6-17-35(31)42(36)28-21-19-27(20-22-28)41-33-15-4-1-11-29(33)30-12-2-5-16-34(30)41/h1-22H. The van der Waals surface area contributed by atoms with Gasteiger partial charge in [-0.2, -0.15) is 10.5 Å². The van der Waals surface area contributed by atoms with Crippen LogP contribution < -0.4 is 0 Å². The molecule has 0 bridgehead atoms. The van der Waals surface area contributed by atoms with Gasteiger partial charge in [-0.05, 0) is 66.2 Å². The molecule has 0 saturated heterocycles. The van der Waals surface area contributed by atoms with Crippen molar-refractivity contribution in [1.29, 1.82) is 10.5 Å². The second-order valence-corrected chi connectivity index (χ2v) is 10.4. The normalized spacial score (nSPS) is 11.3. The van der Waals surface area contributed by atoms with E-state index in [-0.39, 0.29) is 0 Å². The first-order valence-corrected chi connectivity index (χ1v) is 13.8. The third kappa shape index (κ3) is 3.33. The quantitative estimate of drug-likeness (QED) is 0.227. The SMILES string of the molecule is N#Cc1cccc(C#N)c1-c1cccc2c1c1ccccc1n2-c1ccc(-n2c3ccccc3c3ccccc32)cc1. The van der Waals surface area contributed by atoms with Crippen molar-refractivity contribution in [3.63, 3.8) is 0 Å². The third-order valence-corrected chi connectivity index (χ3v) is 8.22. The highest BCUT2D eigenvalue weighted by atomic mass is 15.0. The van der Waals surface area contributed by atoms with Gasteiger partial charge in [0, 0.05) is 38.5 Å². The molecule has 0 aliphatic carbocycles. The minimum atomic E-state index is 0.494. The Morgan fingerprint density at radius 1 is 0.405 bits per heavy atom. The Kier molecular flexibility index (Phi) is 5.22. The van der Waals surface area contributed by atoms with Crippen molar-refractivity contribution in [2.24, 2.45) is 0 Å². The molecule has 2 heterocycles. The smallest absolute Gasteiger partial charge is 0.0998 e. The molecule has 0 spiro atoms. The Hall–Kier alpha value is -6.10. The summed E-state index contributed by atoms with van der Waals surface area (Å²) in [5.74, 6) is 0. The average Bonchev–Trinajstić information content (AvgIpc) is 3.58. The van der Waals surface area contributed by atoms with E-state index in [0.717, 1.165) is 38.7 Å². The van der Waals surface area contributed by atoms with Crippen LogP contribution in [0.25, 0.3) is 66.1 Å². The van der Waals surface area contributed by atoms with E-state index in [1.807, 2.05) is 24.3 Å². The van der Waals surface area contributed by atoms with E-state index in [0.29, 0.717) is 16.7 Å². The van der Waals surface area contributed by atoms with E-state index in [4.69, 9.17) is 0 Å². The van der Waals surface area contributed by atoms with Crippen LogP contribution in [0.4, 0.5) is 0 Å². The van der Waals surface area contributed by atoms with E-state index in [1.54, 1.807) is 18.2 Å². The van der Waals surface area contributed by atoms with Gasteiger partial charge in [-0.25, -0.2) is 0 Å². The van der Waals surface area contributed by atoms with Gasteiger partial charge < -0.3 is 9.13 Å². The first kappa shape index (κ1) is 23.8. The first-order chi connectivity index (χ1) is 20.8. The summed E-state index contributed by atoms with van der Waals surface area (Å²) >= 11 is 0. The van der Waals surface area contributed by atoms with Crippen LogP contribution in [0, 0.1) is 22.7 Å². The highest BCUT2D eigenvalue weighted by Crippen LogP contribution is 2.41. The summed E-state index contributed by atoms with van der Waals surface area (Å²) in [6.45, 7) is 0. The van der Waals surface area contributed by atoms with Crippen LogP contribution in [0.2, 0.25) is 0 Å². The molecule has 0 N–H and O–H groups in total. The maximum atomic E-state index is 9.94. The summed E-state index contributed by atoms with van der Waals surface area (Å²) in [5.41, 5.74) is 9.14. The number of hydrogen-bond acceptors (Lipinski definition) is 2. The molecule has 0 radical (unpaired) electrons. The van der Waals surface area contributed by atoms with Crippen LogP contribution in [0.1, 0.15) is 11.1 Å². The Morgan fingerprint density at radius 3 is 1.38 bits per heavy atom. The summed E-state index contributed by atoms with van der Waals surface area (Å²) in [4.78, 5) is 0. The maximum absolute atomic E-state index is 9.94. The molecule has 0 amide bonds. The van der Waals surface area contributed by atoms with Gasteiger partial charge in [0.05, 0.1) is 45.3 Å². The fourth-order valence-corrected chi connectivity index (χ4v) is 6.49. The Bertz CT molecular complexity index is 2340. The minimum Gasteiger partial charge on any atom is -0.309 e. The number of fused-ring (bicyclic) bond motifs is 6. The molecule has 2 aromatic heterocycles. The summed E-state index contributed by atoms with van der Waals surface area (Å²) in [6, 6.07) is 50.2. The molecule has 8 aromatic rings. The van der Waals surface area contributed by atoms with Crippen molar-refractivity contribution in [3.05, 3.63) is 145 Å². The molecule has 42 heavy (non-hydrogen) atoms. The van der Waals surface area contributed by atoms with Crippen molar-refractivity contribution in [1.82, 2.24) is 9.13 Å². The van der Waals surface area contributed by atoms with Gasteiger partial charge in [-0.3, -0.25) is 0 Å². The molecule has 0 aliphatic rings. The van der Waals surface area contributed by atoms with Crippen molar-refractivity contribution < 1.29 is 0 Å². The van der Waals surface area contributed by atoms with Gasteiger partial charge in [0.15, 0.2) is 0 Å². The lowest BCUT2D eigenvalue weighted by Gasteiger charge is -2.12. The summed E-state index contributed by atoms with van der Waals surface area (Å²) in [6.07, 6.45) is 0. The topological polar surface area (TPSA) is 57.4 Å². The summed E-state index contributed by atoms with van der Waals surface area (Å²) < 4.78 is 4.59. The highest BCUT2D eigenvalue weighted by Gasteiger charge is 2.20. The van der Waals surface area contributed by atoms with E-state index < -0.39 is 0 Å².